The Kier molecular flexibility index (Phi) is 1.42. The highest BCUT2D eigenvalue weighted by molar-refractivity contribution is 5.42. The van der Waals surface area contributed by atoms with E-state index in [0.29, 0.717) is 0 Å². The summed E-state index contributed by atoms with van der Waals surface area (Å²) >= 11 is 0. The van der Waals surface area contributed by atoms with E-state index in [-0.39, 0.29) is 5.75 Å². The van der Waals surface area contributed by atoms with Crippen molar-refractivity contribution in [2.45, 2.75) is 12.8 Å². The average Bonchev–Trinajstić information content (AvgIpc) is 2.06. The fourth-order valence-corrected chi connectivity index (χ4v) is 1.42. The van der Waals surface area contributed by atoms with E-state index < -0.39 is 0 Å². The third-order valence-electron chi connectivity index (χ3n) is 1.98. The van der Waals surface area contributed by atoms with Gasteiger partial charge in [-0.1, -0.05) is 30.4 Å². The summed E-state index contributed by atoms with van der Waals surface area (Å²) in [6, 6.07) is 5.43. The second-order valence-electron chi connectivity index (χ2n) is 2.74. The molecular formula is C10H9O-. The largest absolute Gasteiger partial charge is 0.872 e. The van der Waals surface area contributed by atoms with Crippen LogP contribution in [-0.4, -0.2) is 0 Å². The van der Waals surface area contributed by atoms with E-state index in [4.69, 9.17) is 0 Å². The van der Waals surface area contributed by atoms with Crippen LogP contribution in [0.5, 0.6) is 5.75 Å². The highest BCUT2D eigenvalue weighted by atomic mass is 16.3. The van der Waals surface area contributed by atoms with Crippen LogP contribution >= 0.6 is 0 Å². The number of hydrogen-bond acceptors (Lipinski definition) is 1. The molecule has 2 rings (SSSR count). The molecule has 0 amide bonds. The lowest BCUT2D eigenvalue weighted by molar-refractivity contribution is -0.269. The van der Waals surface area contributed by atoms with E-state index in [1.54, 1.807) is 6.07 Å². The maximum atomic E-state index is 11.2. The Labute approximate surface area is 65.3 Å². The first-order valence-electron chi connectivity index (χ1n) is 3.84. The summed E-state index contributed by atoms with van der Waals surface area (Å²) in [5, 5.41) is 13.2. The summed E-state index contributed by atoms with van der Waals surface area (Å²) in [4.78, 5) is 0. The lowest BCUT2D eigenvalue weighted by Crippen LogP contribution is -2.29. The number of rotatable bonds is 0. The molecule has 0 aromatic heterocycles. The zero-order chi connectivity index (χ0) is 7.68. The minimum Gasteiger partial charge on any atom is -0.872 e. The van der Waals surface area contributed by atoms with E-state index in [1.807, 2.05) is 18.2 Å². The lowest BCUT2D eigenvalue weighted by atomic mass is 10.1. The molecule has 1 nitrogen and oxygen atoms in total. The van der Waals surface area contributed by atoms with Gasteiger partial charge in [0.2, 0.25) is 0 Å². The van der Waals surface area contributed by atoms with Crippen LogP contribution < -0.4 is 15.5 Å². The zero-order valence-electron chi connectivity index (χ0n) is 6.21. The summed E-state index contributed by atoms with van der Waals surface area (Å²) in [7, 11) is 0. The van der Waals surface area contributed by atoms with Crippen molar-refractivity contribution in [3.63, 3.8) is 0 Å². The molecule has 0 spiro atoms. The normalized spacial score (nSPS) is 14.5. The van der Waals surface area contributed by atoms with Crippen LogP contribution in [-0.2, 0) is 0 Å². The Balaban J connectivity index is 2.88. The first-order valence-corrected chi connectivity index (χ1v) is 3.84. The van der Waals surface area contributed by atoms with Crippen molar-refractivity contribution in [3.8, 4) is 5.75 Å². The van der Waals surface area contributed by atoms with Gasteiger partial charge in [-0.15, -0.1) is 5.75 Å². The van der Waals surface area contributed by atoms with Crippen molar-refractivity contribution >= 4 is 12.2 Å². The molecule has 0 aliphatic heterocycles. The summed E-state index contributed by atoms with van der Waals surface area (Å²) in [6.07, 6.45) is 6.22. The van der Waals surface area contributed by atoms with Crippen LogP contribution in [0.1, 0.15) is 12.8 Å². The van der Waals surface area contributed by atoms with Gasteiger partial charge in [-0.2, -0.15) is 0 Å². The smallest absolute Gasteiger partial charge is 0.0233 e. The zero-order valence-corrected chi connectivity index (χ0v) is 6.21. The molecule has 0 saturated heterocycles. The van der Waals surface area contributed by atoms with Gasteiger partial charge in [0, 0.05) is 0 Å². The van der Waals surface area contributed by atoms with Gasteiger partial charge in [0.25, 0.3) is 0 Å². The van der Waals surface area contributed by atoms with Gasteiger partial charge >= 0.3 is 0 Å². The van der Waals surface area contributed by atoms with Crippen molar-refractivity contribution in [1.82, 2.24) is 0 Å². The number of benzene rings is 1. The number of fused-ring (bicyclic) bond motifs is 1. The molecule has 56 valence electrons. The standard InChI is InChI=1S/C10H10O/c11-10-7-3-5-8-4-1-2-6-9(8)10/h3-7,11H,1-2H2/p-1. The van der Waals surface area contributed by atoms with Crippen molar-refractivity contribution < 1.29 is 5.11 Å². The van der Waals surface area contributed by atoms with Gasteiger partial charge in [0.05, 0.1) is 0 Å². The quantitative estimate of drug-likeness (QED) is 0.508. The van der Waals surface area contributed by atoms with E-state index in [1.165, 1.54) is 0 Å². The summed E-state index contributed by atoms with van der Waals surface area (Å²) in [5.74, 6) is 0.151. The van der Waals surface area contributed by atoms with Crippen LogP contribution in [0.4, 0.5) is 0 Å². The van der Waals surface area contributed by atoms with Gasteiger partial charge in [0.15, 0.2) is 0 Å². The van der Waals surface area contributed by atoms with Crippen LogP contribution in [0.15, 0.2) is 18.2 Å². The Morgan fingerprint density at radius 1 is 1.09 bits per heavy atom. The molecule has 0 heterocycles. The Bertz CT molecular complexity index is 376. The minimum absolute atomic E-state index is 0.151. The monoisotopic (exact) mass is 145 g/mol. The van der Waals surface area contributed by atoms with Crippen molar-refractivity contribution in [3.05, 3.63) is 28.6 Å². The predicted molar refractivity (Wildman–Crippen MR) is 43.3 cm³/mol. The molecule has 1 heteroatoms. The maximum Gasteiger partial charge on any atom is -0.0233 e. The molecule has 0 unspecified atom stereocenters. The van der Waals surface area contributed by atoms with Crippen molar-refractivity contribution in [1.29, 1.82) is 0 Å². The fraction of sp³-hybridized carbons (Fsp3) is 0.200. The van der Waals surface area contributed by atoms with Crippen LogP contribution in [0, 0.1) is 0 Å². The van der Waals surface area contributed by atoms with E-state index >= 15 is 0 Å². The van der Waals surface area contributed by atoms with Crippen LogP contribution in [0.2, 0.25) is 0 Å². The molecule has 1 aliphatic rings. The molecule has 0 atom stereocenters. The Morgan fingerprint density at radius 2 is 1.91 bits per heavy atom. The first-order chi connectivity index (χ1) is 5.38. The van der Waals surface area contributed by atoms with E-state index in [0.717, 1.165) is 23.3 Å². The summed E-state index contributed by atoms with van der Waals surface area (Å²) in [5.41, 5.74) is 0. The SMILES string of the molecule is [O-]c1cccc2c1=CCCC=2. The molecule has 1 aliphatic carbocycles. The maximum absolute atomic E-state index is 11.2. The molecule has 0 radical (unpaired) electrons. The van der Waals surface area contributed by atoms with E-state index in [2.05, 4.69) is 6.08 Å². The third kappa shape index (κ3) is 1.03. The van der Waals surface area contributed by atoms with Crippen LogP contribution in [0.3, 0.4) is 0 Å². The van der Waals surface area contributed by atoms with Crippen molar-refractivity contribution in [2.24, 2.45) is 0 Å². The molecular weight excluding hydrogens is 136 g/mol. The second kappa shape index (κ2) is 2.42. The predicted octanol–water partition coefficient (Wildman–Crippen LogP) is 0.115. The average molecular weight is 145 g/mol. The molecule has 1 aromatic carbocycles. The highest BCUT2D eigenvalue weighted by Crippen LogP contribution is 1.98. The molecule has 0 fully saturated rings. The van der Waals surface area contributed by atoms with Gasteiger partial charge in [0.1, 0.15) is 0 Å². The molecule has 0 N–H and O–H groups in total. The minimum atomic E-state index is 0.151. The van der Waals surface area contributed by atoms with Crippen LogP contribution in [0.25, 0.3) is 12.2 Å². The van der Waals surface area contributed by atoms with Gasteiger partial charge in [-0.25, -0.2) is 0 Å². The molecule has 0 bridgehead atoms. The fourth-order valence-electron chi connectivity index (χ4n) is 1.42. The molecule has 1 aromatic rings. The highest BCUT2D eigenvalue weighted by Gasteiger charge is 1.91. The number of hydrogen-bond donors (Lipinski definition) is 0. The third-order valence-corrected chi connectivity index (χ3v) is 1.98. The van der Waals surface area contributed by atoms with E-state index in [9.17, 15) is 5.11 Å². The topological polar surface area (TPSA) is 23.1 Å². The lowest BCUT2D eigenvalue weighted by Gasteiger charge is -2.08. The summed E-state index contributed by atoms with van der Waals surface area (Å²) < 4.78 is 0. The van der Waals surface area contributed by atoms with Gasteiger partial charge in [-0.3, -0.25) is 0 Å². The molecule has 0 saturated carbocycles. The van der Waals surface area contributed by atoms with Gasteiger partial charge in [-0.05, 0) is 23.3 Å². The first kappa shape index (κ1) is 6.47. The Hall–Kier alpha value is -1.24. The Morgan fingerprint density at radius 3 is 2.73 bits per heavy atom. The summed E-state index contributed by atoms with van der Waals surface area (Å²) in [6.45, 7) is 0. The second-order valence-corrected chi connectivity index (χ2v) is 2.74. The van der Waals surface area contributed by atoms with Gasteiger partial charge < -0.3 is 5.11 Å². The van der Waals surface area contributed by atoms with Crippen molar-refractivity contribution in [2.75, 3.05) is 0 Å². The molecule has 11 heavy (non-hydrogen) atoms.